The lowest BCUT2D eigenvalue weighted by Gasteiger charge is -2.11. The monoisotopic (exact) mass is 478 g/mol. The van der Waals surface area contributed by atoms with Crippen LogP contribution in [0.15, 0.2) is 70.4 Å². The van der Waals surface area contributed by atoms with Crippen molar-refractivity contribution in [3.63, 3.8) is 0 Å². The molecule has 0 spiro atoms. The van der Waals surface area contributed by atoms with Gasteiger partial charge in [0, 0.05) is 16.1 Å². The lowest BCUT2D eigenvalue weighted by Crippen LogP contribution is -2.29. The van der Waals surface area contributed by atoms with Gasteiger partial charge in [0.1, 0.15) is 16.4 Å². The highest BCUT2D eigenvalue weighted by Crippen LogP contribution is 2.32. The van der Waals surface area contributed by atoms with Crippen LogP contribution in [0.5, 0.6) is 11.5 Å². The molecule has 0 saturated heterocycles. The fourth-order valence-electron chi connectivity index (χ4n) is 3.33. The van der Waals surface area contributed by atoms with Crippen LogP contribution in [0.4, 0.5) is 0 Å². The van der Waals surface area contributed by atoms with Gasteiger partial charge in [-0.1, -0.05) is 29.3 Å². The van der Waals surface area contributed by atoms with Crippen molar-refractivity contribution >= 4 is 44.3 Å². The maximum Gasteiger partial charge on any atom is 0.347 e. The lowest BCUT2D eigenvalue weighted by molar-refractivity contribution is 0.386. The van der Waals surface area contributed by atoms with Gasteiger partial charge < -0.3 is 9.47 Å². The Hall–Kier alpha value is -2.94. The molecule has 0 aliphatic carbocycles. The minimum absolute atomic E-state index is 0.0452. The Morgan fingerprint density at radius 3 is 2.26 bits per heavy atom. The molecule has 0 saturated carbocycles. The summed E-state index contributed by atoms with van der Waals surface area (Å²) in [6, 6.07) is 15.3. The summed E-state index contributed by atoms with van der Waals surface area (Å²) in [7, 11) is -1.55. The summed E-state index contributed by atoms with van der Waals surface area (Å²) in [4.78, 5) is 13.3. The molecule has 0 unspecified atom stereocenters. The molecule has 0 bridgehead atoms. The second-order valence-electron chi connectivity index (χ2n) is 6.52. The van der Waals surface area contributed by atoms with E-state index in [1.807, 2.05) is 0 Å². The van der Waals surface area contributed by atoms with E-state index in [-0.39, 0.29) is 16.2 Å². The normalized spacial score (nSPS) is 11.6. The van der Waals surface area contributed by atoms with Gasteiger partial charge in [-0.05, 0) is 48.5 Å². The van der Waals surface area contributed by atoms with Gasteiger partial charge in [-0.3, -0.25) is 4.57 Å². The molecular weight excluding hydrogens is 463 g/mol. The van der Waals surface area contributed by atoms with Crippen molar-refractivity contribution in [2.45, 2.75) is 4.90 Å². The van der Waals surface area contributed by atoms with Crippen LogP contribution in [0.3, 0.4) is 0 Å². The van der Waals surface area contributed by atoms with Crippen LogP contribution in [0.1, 0.15) is 0 Å². The minimum atomic E-state index is -4.35. The predicted molar refractivity (Wildman–Crippen MR) is 120 cm³/mol. The highest BCUT2D eigenvalue weighted by molar-refractivity contribution is 7.90. The van der Waals surface area contributed by atoms with E-state index in [2.05, 4.69) is 0 Å². The van der Waals surface area contributed by atoms with Gasteiger partial charge >= 0.3 is 5.69 Å². The second kappa shape index (κ2) is 7.96. The molecule has 1 aromatic heterocycles. The Kier molecular flexibility index (Phi) is 5.47. The number of halogens is 2. The third kappa shape index (κ3) is 3.56. The SMILES string of the molecule is COc1ccc(S(=O)(=O)n2c(=O)n(-c3cccc(Cl)c3)c3cc(Cl)ccc32)c(OC)c1. The van der Waals surface area contributed by atoms with Crippen LogP contribution in [-0.2, 0) is 10.0 Å². The van der Waals surface area contributed by atoms with Gasteiger partial charge in [0.05, 0.1) is 30.9 Å². The smallest absolute Gasteiger partial charge is 0.347 e. The Morgan fingerprint density at radius 2 is 1.58 bits per heavy atom. The number of ether oxygens (including phenoxy) is 2. The Morgan fingerprint density at radius 1 is 0.839 bits per heavy atom. The van der Waals surface area contributed by atoms with Crippen molar-refractivity contribution in [1.82, 2.24) is 8.54 Å². The van der Waals surface area contributed by atoms with Crippen molar-refractivity contribution in [1.29, 1.82) is 0 Å². The van der Waals surface area contributed by atoms with Gasteiger partial charge in [-0.25, -0.2) is 13.2 Å². The van der Waals surface area contributed by atoms with E-state index >= 15 is 0 Å². The van der Waals surface area contributed by atoms with Crippen LogP contribution in [0.25, 0.3) is 16.7 Å². The number of hydrogen-bond acceptors (Lipinski definition) is 5. The molecule has 0 radical (unpaired) electrons. The first-order valence-corrected chi connectivity index (χ1v) is 11.1. The number of methoxy groups -OCH3 is 2. The zero-order valence-electron chi connectivity index (χ0n) is 16.4. The Labute approximate surface area is 188 Å². The van der Waals surface area contributed by atoms with Crippen LogP contribution in [0, 0.1) is 0 Å². The summed E-state index contributed by atoms with van der Waals surface area (Å²) in [6.07, 6.45) is 0. The zero-order chi connectivity index (χ0) is 22.3. The van der Waals surface area contributed by atoms with E-state index < -0.39 is 15.7 Å². The molecule has 31 heavy (non-hydrogen) atoms. The highest BCUT2D eigenvalue weighted by Gasteiger charge is 2.29. The third-order valence-electron chi connectivity index (χ3n) is 4.72. The maximum atomic E-state index is 13.6. The number of benzene rings is 3. The summed E-state index contributed by atoms with van der Waals surface area (Å²) in [5, 5.41) is 0.742. The zero-order valence-corrected chi connectivity index (χ0v) is 18.7. The second-order valence-corrected chi connectivity index (χ2v) is 9.15. The number of nitrogens with zero attached hydrogens (tertiary/aromatic N) is 2. The topological polar surface area (TPSA) is 79.5 Å². The van der Waals surface area contributed by atoms with E-state index in [0.29, 0.717) is 27.0 Å². The fraction of sp³-hybridized carbons (Fsp3) is 0.0952. The van der Waals surface area contributed by atoms with E-state index in [4.69, 9.17) is 32.7 Å². The number of hydrogen-bond donors (Lipinski definition) is 0. The molecule has 0 N–H and O–H groups in total. The number of aromatic nitrogens is 2. The van der Waals surface area contributed by atoms with Crippen LogP contribution in [0.2, 0.25) is 10.0 Å². The molecule has 0 aliphatic heterocycles. The number of fused-ring (bicyclic) bond motifs is 1. The summed E-state index contributed by atoms with van der Waals surface area (Å²) < 4.78 is 39.6. The van der Waals surface area contributed by atoms with Crippen molar-refractivity contribution in [2.75, 3.05) is 14.2 Å². The van der Waals surface area contributed by atoms with Gasteiger partial charge in [0.15, 0.2) is 0 Å². The van der Waals surface area contributed by atoms with Gasteiger partial charge in [0.25, 0.3) is 10.0 Å². The molecule has 10 heteroatoms. The first-order chi connectivity index (χ1) is 14.8. The lowest BCUT2D eigenvalue weighted by atomic mass is 10.3. The highest BCUT2D eigenvalue weighted by atomic mass is 35.5. The molecular formula is C21H16Cl2N2O5S. The molecule has 160 valence electrons. The largest absolute Gasteiger partial charge is 0.497 e. The first kappa shape index (κ1) is 21.3. The summed E-state index contributed by atoms with van der Waals surface area (Å²) in [6.45, 7) is 0. The van der Waals surface area contributed by atoms with E-state index in [1.54, 1.807) is 24.3 Å². The molecule has 1 heterocycles. The van der Waals surface area contributed by atoms with E-state index in [1.165, 1.54) is 55.2 Å². The summed E-state index contributed by atoms with van der Waals surface area (Å²) in [5.74, 6) is 0.458. The molecule has 4 rings (SSSR count). The predicted octanol–water partition coefficient (Wildman–Crippen LogP) is 4.35. The van der Waals surface area contributed by atoms with Crippen LogP contribution in [-0.4, -0.2) is 31.2 Å². The minimum Gasteiger partial charge on any atom is -0.497 e. The van der Waals surface area contributed by atoms with E-state index in [9.17, 15) is 13.2 Å². The first-order valence-electron chi connectivity index (χ1n) is 8.94. The van der Waals surface area contributed by atoms with Crippen molar-refractivity contribution in [2.24, 2.45) is 0 Å². The molecule has 0 fully saturated rings. The Balaban J connectivity index is 2.08. The molecule has 3 aromatic carbocycles. The van der Waals surface area contributed by atoms with Crippen molar-refractivity contribution < 1.29 is 17.9 Å². The molecule has 0 atom stereocenters. The van der Waals surface area contributed by atoms with Gasteiger partial charge in [-0.2, -0.15) is 3.97 Å². The van der Waals surface area contributed by atoms with Gasteiger partial charge in [-0.15, -0.1) is 0 Å². The quantitative estimate of drug-likeness (QED) is 0.425. The molecule has 0 aliphatic rings. The molecule has 7 nitrogen and oxygen atoms in total. The fourth-order valence-corrected chi connectivity index (χ4v) is 5.21. The Bertz CT molecular complexity index is 1480. The van der Waals surface area contributed by atoms with E-state index in [0.717, 1.165) is 3.97 Å². The standard InChI is InChI=1S/C21H16Cl2N2O5S/c1-29-16-7-9-20(19(12-16)30-2)31(27,28)25-17-8-6-14(23)11-18(17)24(21(25)26)15-5-3-4-13(22)10-15/h3-12H,1-2H3. The average molecular weight is 479 g/mol. The summed E-state index contributed by atoms with van der Waals surface area (Å²) in [5.41, 5.74) is 0.0842. The van der Waals surface area contributed by atoms with Crippen molar-refractivity contribution in [3.05, 3.63) is 81.2 Å². The average Bonchev–Trinajstić information content (AvgIpc) is 3.04. The molecule has 0 amide bonds. The van der Waals surface area contributed by atoms with Crippen LogP contribution >= 0.6 is 23.2 Å². The summed E-state index contributed by atoms with van der Waals surface area (Å²) >= 11 is 12.2. The van der Waals surface area contributed by atoms with Crippen LogP contribution < -0.4 is 15.2 Å². The van der Waals surface area contributed by atoms with Gasteiger partial charge in [0.2, 0.25) is 0 Å². The maximum absolute atomic E-state index is 13.6. The third-order valence-corrected chi connectivity index (χ3v) is 6.91. The number of imidazole rings is 1. The van der Waals surface area contributed by atoms with Crippen molar-refractivity contribution in [3.8, 4) is 17.2 Å². The molecule has 4 aromatic rings. The number of rotatable bonds is 5.